The first kappa shape index (κ1) is 12.1. The monoisotopic (exact) mass is 229 g/mol. The first-order valence-electron chi connectivity index (χ1n) is 6.02. The average molecular weight is 229 g/mol. The van der Waals surface area contributed by atoms with Crippen LogP contribution in [0.5, 0.6) is 0 Å². The molecule has 2 aromatic rings. The summed E-state index contributed by atoms with van der Waals surface area (Å²) in [4.78, 5) is 0. The molecule has 90 valence electrons. The van der Waals surface area contributed by atoms with Gasteiger partial charge in [0.05, 0.1) is 0 Å². The Balaban J connectivity index is 2.08. The fourth-order valence-corrected chi connectivity index (χ4v) is 2.04. The first-order chi connectivity index (χ1) is 8.29. The molecule has 0 saturated heterocycles. The average Bonchev–Trinajstić information content (AvgIpc) is 2.36. The van der Waals surface area contributed by atoms with E-state index in [1.165, 1.54) is 16.3 Å². The van der Waals surface area contributed by atoms with E-state index >= 15 is 0 Å². The van der Waals surface area contributed by atoms with Crippen molar-refractivity contribution in [1.82, 2.24) is 0 Å². The summed E-state index contributed by atoms with van der Waals surface area (Å²) in [6.07, 6.45) is 1.82. The van der Waals surface area contributed by atoms with E-state index in [2.05, 4.69) is 42.5 Å². The summed E-state index contributed by atoms with van der Waals surface area (Å²) in [6.45, 7) is 0.731. The molecular formula is C15H19NO. The van der Waals surface area contributed by atoms with Gasteiger partial charge in [-0.3, -0.25) is 0 Å². The molecule has 0 radical (unpaired) electrons. The molecule has 2 nitrogen and oxygen atoms in total. The molecule has 2 heteroatoms. The minimum absolute atomic E-state index is 0.177. The molecule has 1 atom stereocenters. The highest BCUT2D eigenvalue weighted by Crippen LogP contribution is 2.16. The first-order valence-corrected chi connectivity index (χ1v) is 6.02. The molecule has 0 fully saturated rings. The number of methoxy groups -OCH3 is 1. The van der Waals surface area contributed by atoms with Gasteiger partial charge in [0.15, 0.2) is 0 Å². The lowest BCUT2D eigenvalue weighted by Crippen LogP contribution is -2.24. The van der Waals surface area contributed by atoms with E-state index in [1.54, 1.807) is 7.11 Å². The van der Waals surface area contributed by atoms with Gasteiger partial charge < -0.3 is 10.5 Å². The van der Waals surface area contributed by atoms with Crippen molar-refractivity contribution in [2.75, 3.05) is 13.7 Å². The van der Waals surface area contributed by atoms with Crippen molar-refractivity contribution in [3.05, 3.63) is 48.0 Å². The molecule has 0 aromatic heterocycles. The van der Waals surface area contributed by atoms with Crippen LogP contribution in [0.2, 0.25) is 0 Å². The van der Waals surface area contributed by atoms with Crippen LogP contribution in [0.25, 0.3) is 10.8 Å². The maximum Gasteiger partial charge on any atom is 0.0477 e. The van der Waals surface area contributed by atoms with E-state index in [0.29, 0.717) is 0 Å². The van der Waals surface area contributed by atoms with E-state index in [1.807, 2.05) is 0 Å². The van der Waals surface area contributed by atoms with Crippen LogP contribution in [-0.4, -0.2) is 19.8 Å². The summed E-state index contributed by atoms with van der Waals surface area (Å²) in [5.41, 5.74) is 7.35. The summed E-state index contributed by atoms with van der Waals surface area (Å²) < 4.78 is 5.04. The van der Waals surface area contributed by atoms with E-state index in [0.717, 1.165) is 19.4 Å². The van der Waals surface area contributed by atoms with Crippen LogP contribution in [0.15, 0.2) is 42.5 Å². The number of hydrogen-bond donors (Lipinski definition) is 1. The van der Waals surface area contributed by atoms with Crippen molar-refractivity contribution >= 4 is 10.8 Å². The van der Waals surface area contributed by atoms with E-state index in [-0.39, 0.29) is 6.04 Å². The fraction of sp³-hybridized carbons (Fsp3) is 0.333. The second-order valence-electron chi connectivity index (χ2n) is 4.43. The summed E-state index contributed by atoms with van der Waals surface area (Å²) in [5.74, 6) is 0. The zero-order valence-electron chi connectivity index (χ0n) is 10.2. The summed E-state index contributed by atoms with van der Waals surface area (Å²) in [5, 5.41) is 2.56. The molecule has 2 N–H and O–H groups in total. The van der Waals surface area contributed by atoms with Gasteiger partial charge in [-0.15, -0.1) is 0 Å². The van der Waals surface area contributed by atoms with Gasteiger partial charge in [0.1, 0.15) is 0 Å². The second kappa shape index (κ2) is 5.80. The molecule has 2 aromatic carbocycles. The minimum Gasteiger partial charge on any atom is -0.385 e. The molecule has 0 spiro atoms. The van der Waals surface area contributed by atoms with Crippen LogP contribution in [-0.2, 0) is 11.2 Å². The van der Waals surface area contributed by atoms with Gasteiger partial charge in [-0.25, -0.2) is 0 Å². The molecule has 0 heterocycles. The van der Waals surface area contributed by atoms with Gasteiger partial charge in [-0.1, -0.05) is 42.5 Å². The van der Waals surface area contributed by atoms with Gasteiger partial charge in [0.2, 0.25) is 0 Å². The SMILES string of the molecule is COCCC(N)Cc1ccc2ccccc2c1. The largest absolute Gasteiger partial charge is 0.385 e. The molecule has 0 saturated carbocycles. The van der Waals surface area contributed by atoms with Crippen LogP contribution in [0.1, 0.15) is 12.0 Å². The van der Waals surface area contributed by atoms with Crippen LogP contribution in [0.3, 0.4) is 0 Å². The normalized spacial score (nSPS) is 12.8. The molecule has 1 unspecified atom stereocenters. The number of fused-ring (bicyclic) bond motifs is 1. The molecule has 0 amide bonds. The molecule has 0 aliphatic carbocycles. The highest BCUT2D eigenvalue weighted by atomic mass is 16.5. The van der Waals surface area contributed by atoms with Gasteiger partial charge in [-0.05, 0) is 29.2 Å². The number of hydrogen-bond acceptors (Lipinski definition) is 2. The van der Waals surface area contributed by atoms with E-state index in [4.69, 9.17) is 10.5 Å². The number of benzene rings is 2. The number of rotatable bonds is 5. The Hall–Kier alpha value is -1.38. The smallest absolute Gasteiger partial charge is 0.0477 e. The highest BCUT2D eigenvalue weighted by Gasteiger charge is 2.04. The maximum absolute atomic E-state index is 6.06. The summed E-state index contributed by atoms with van der Waals surface area (Å²) in [6, 6.07) is 15.1. The molecule has 17 heavy (non-hydrogen) atoms. The Morgan fingerprint density at radius 3 is 2.65 bits per heavy atom. The molecule has 0 aliphatic heterocycles. The van der Waals surface area contributed by atoms with E-state index < -0.39 is 0 Å². The van der Waals surface area contributed by atoms with Crippen molar-refractivity contribution in [1.29, 1.82) is 0 Å². The standard InChI is InChI=1S/C15H19NO/c1-17-9-8-15(16)11-12-6-7-13-4-2-3-5-14(13)10-12/h2-7,10,15H,8-9,11,16H2,1H3. The molecule has 0 bridgehead atoms. The van der Waals surface area contributed by atoms with Crippen molar-refractivity contribution < 1.29 is 4.74 Å². The third kappa shape index (κ3) is 3.29. The van der Waals surface area contributed by atoms with Crippen LogP contribution < -0.4 is 5.73 Å². The quantitative estimate of drug-likeness (QED) is 0.855. The lowest BCUT2D eigenvalue weighted by molar-refractivity contribution is 0.188. The van der Waals surface area contributed by atoms with Gasteiger partial charge in [-0.2, -0.15) is 0 Å². The van der Waals surface area contributed by atoms with Crippen LogP contribution in [0.4, 0.5) is 0 Å². The molecule has 0 aliphatic rings. The van der Waals surface area contributed by atoms with Gasteiger partial charge in [0, 0.05) is 19.8 Å². The summed E-state index contributed by atoms with van der Waals surface area (Å²) in [7, 11) is 1.71. The Labute approximate surface area is 102 Å². The number of nitrogens with two attached hydrogens (primary N) is 1. The maximum atomic E-state index is 6.06. The Morgan fingerprint density at radius 2 is 1.88 bits per heavy atom. The third-order valence-electron chi connectivity index (χ3n) is 3.00. The Morgan fingerprint density at radius 1 is 1.12 bits per heavy atom. The third-order valence-corrected chi connectivity index (χ3v) is 3.00. The van der Waals surface area contributed by atoms with Crippen LogP contribution in [0, 0.1) is 0 Å². The Kier molecular flexibility index (Phi) is 4.13. The molecular weight excluding hydrogens is 210 g/mol. The zero-order chi connectivity index (χ0) is 12.1. The topological polar surface area (TPSA) is 35.2 Å². The van der Waals surface area contributed by atoms with Crippen molar-refractivity contribution in [2.45, 2.75) is 18.9 Å². The lowest BCUT2D eigenvalue weighted by Gasteiger charge is -2.11. The fourth-order valence-electron chi connectivity index (χ4n) is 2.04. The van der Waals surface area contributed by atoms with Crippen LogP contribution >= 0.6 is 0 Å². The zero-order valence-corrected chi connectivity index (χ0v) is 10.2. The number of ether oxygens (including phenoxy) is 1. The van der Waals surface area contributed by atoms with E-state index in [9.17, 15) is 0 Å². The van der Waals surface area contributed by atoms with Crippen molar-refractivity contribution in [2.24, 2.45) is 5.73 Å². The predicted molar refractivity (Wildman–Crippen MR) is 72.1 cm³/mol. The van der Waals surface area contributed by atoms with Gasteiger partial charge >= 0.3 is 0 Å². The lowest BCUT2D eigenvalue weighted by atomic mass is 10.0. The summed E-state index contributed by atoms with van der Waals surface area (Å²) >= 11 is 0. The molecule has 2 rings (SSSR count). The van der Waals surface area contributed by atoms with Gasteiger partial charge in [0.25, 0.3) is 0 Å². The predicted octanol–water partition coefficient (Wildman–Crippen LogP) is 2.75. The van der Waals surface area contributed by atoms with Crippen molar-refractivity contribution in [3.8, 4) is 0 Å². The van der Waals surface area contributed by atoms with Crippen molar-refractivity contribution in [3.63, 3.8) is 0 Å². The highest BCUT2D eigenvalue weighted by molar-refractivity contribution is 5.82. The Bertz CT molecular complexity index is 481. The second-order valence-corrected chi connectivity index (χ2v) is 4.43. The minimum atomic E-state index is 0.177.